The third-order valence-corrected chi connectivity index (χ3v) is 14.9. The molecule has 0 radical (unpaired) electrons. The highest BCUT2D eigenvalue weighted by molar-refractivity contribution is 8.76. The number of hydrogen-bond donors (Lipinski definition) is 7. The zero-order valence-corrected chi connectivity index (χ0v) is 36.4. The lowest BCUT2D eigenvalue weighted by Gasteiger charge is -2.28. The molecule has 8 bridgehead atoms. The van der Waals surface area contributed by atoms with Gasteiger partial charge in [-0.25, -0.2) is 0 Å². The van der Waals surface area contributed by atoms with E-state index in [0.717, 1.165) is 40.7 Å². The highest BCUT2D eigenvalue weighted by Crippen LogP contribution is 2.49. The van der Waals surface area contributed by atoms with Crippen molar-refractivity contribution < 1.29 is 40.2 Å². The Bertz CT molecular complexity index is 2310. The van der Waals surface area contributed by atoms with Gasteiger partial charge >= 0.3 is 0 Å². The van der Waals surface area contributed by atoms with Crippen LogP contribution in [0, 0.1) is 23.2 Å². The Morgan fingerprint density at radius 3 is 2.58 bits per heavy atom. The Morgan fingerprint density at radius 1 is 0.968 bits per heavy atom. The number of nitrogens with two attached hydrogens (primary N) is 2. The summed E-state index contributed by atoms with van der Waals surface area (Å²) in [6.07, 6.45) is 10.2. The molecule has 328 valence electrons. The van der Waals surface area contributed by atoms with E-state index in [9.17, 15) is 35.4 Å². The minimum absolute atomic E-state index is 0.0191. The number of aliphatic imine (C=N–C) groups is 1. The fourth-order valence-corrected chi connectivity index (χ4v) is 11.6. The first-order valence-corrected chi connectivity index (χ1v) is 23.9. The zero-order chi connectivity index (χ0) is 43.8. The van der Waals surface area contributed by atoms with E-state index >= 15 is 0 Å². The van der Waals surface area contributed by atoms with E-state index in [-0.39, 0.29) is 55.0 Å². The first-order chi connectivity index (χ1) is 29.9. The average Bonchev–Trinajstić information content (AvgIpc) is 3.86. The van der Waals surface area contributed by atoms with Crippen molar-refractivity contribution in [2.24, 2.45) is 27.8 Å². The molecule has 5 unspecified atom stereocenters. The molecule has 3 aromatic carbocycles. The van der Waals surface area contributed by atoms with Crippen molar-refractivity contribution in [3.63, 3.8) is 0 Å². The van der Waals surface area contributed by atoms with E-state index in [2.05, 4.69) is 16.8 Å². The molecule has 0 amide bonds. The van der Waals surface area contributed by atoms with Gasteiger partial charge in [0, 0.05) is 47.6 Å². The molecule has 2 aliphatic carbocycles. The van der Waals surface area contributed by atoms with Crippen LogP contribution in [0.2, 0.25) is 0 Å². The van der Waals surface area contributed by atoms with E-state index in [1.54, 1.807) is 64.2 Å². The van der Waals surface area contributed by atoms with Gasteiger partial charge in [-0.15, -0.1) is 5.76 Å². The monoisotopic (exact) mass is 878 g/mol. The van der Waals surface area contributed by atoms with Crippen LogP contribution < -0.4 is 21.3 Å². The van der Waals surface area contributed by atoms with Crippen LogP contribution in [0.25, 0.3) is 0 Å². The smallest absolute Gasteiger partial charge is 0.161 e. The molecule has 2 aliphatic heterocycles. The van der Waals surface area contributed by atoms with Crippen LogP contribution in [0.3, 0.4) is 0 Å². The van der Waals surface area contributed by atoms with Crippen LogP contribution in [-0.4, -0.2) is 68.2 Å². The minimum atomic E-state index is -0.806. The molecule has 9 N–H and O–H groups in total. The summed E-state index contributed by atoms with van der Waals surface area (Å²) in [4.78, 5) is 17.8. The number of aryl methyl sites for hydroxylation is 1. The van der Waals surface area contributed by atoms with Gasteiger partial charge in [-0.2, -0.15) is 0 Å². The Balaban J connectivity index is 1.25. The number of unbranched alkanes of at least 4 members (excludes halogenated alkanes) is 1. The van der Waals surface area contributed by atoms with Gasteiger partial charge < -0.3 is 46.8 Å². The van der Waals surface area contributed by atoms with Crippen molar-refractivity contribution in [2.45, 2.75) is 101 Å². The normalized spacial score (nSPS) is 23.7. The number of aromatic hydroxyl groups is 2. The van der Waals surface area contributed by atoms with Gasteiger partial charge in [-0.1, -0.05) is 76.6 Å². The Hall–Kier alpha value is -4.52. The van der Waals surface area contributed by atoms with Gasteiger partial charge in [-0.05, 0) is 120 Å². The fraction of sp³-hybridized carbons (Fsp3) is 0.429. The highest BCUT2D eigenvalue weighted by Gasteiger charge is 2.42. The number of aliphatic hydroxyl groups excluding tert-OH is 3. The van der Waals surface area contributed by atoms with Crippen molar-refractivity contribution in [3.05, 3.63) is 123 Å². The summed E-state index contributed by atoms with van der Waals surface area (Å²) >= 11 is 0. The SMILES string of the molecule is NC(N)c1cc2c3cc1CSSCC1CC(CCCCC(O)CO)(C=CC(=O)CCc4ccc(O)c(c4)OCCc4ccc(O)c(c4)C3CC([O-])=C3C=CN=C3CC#C2)CC1O. The minimum Gasteiger partial charge on any atom is -0.875 e. The van der Waals surface area contributed by atoms with Crippen LogP contribution in [-0.2, 0) is 23.4 Å². The zero-order valence-electron chi connectivity index (χ0n) is 34.8. The molecule has 1 fully saturated rings. The number of phenols is 2. The molecular weight excluding hydrogens is 823 g/mol. The molecule has 62 heavy (non-hydrogen) atoms. The molecule has 0 aromatic heterocycles. The maximum Gasteiger partial charge on any atom is 0.161 e. The van der Waals surface area contributed by atoms with Gasteiger partial charge in [0.1, 0.15) is 5.75 Å². The number of hydrogen-bond acceptors (Lipinski definition) is 13. The summed E-state index contributed by atoms with van der Waals surface area (Å²) in [5, 5.41) is 67.0. The van der Waals surface area contributed by atoms with Crippen LogP contribution in [0.1, 0.15) is 109 Å². The van der Waals surface area contributed by atoms with Crippen LogP contribution >= 0.6 is 21.6 Å². The number of aliphatic hydroxyl groups is 3. The van der Waals surface area contributed by atoms with Crippen molar-refractivity contribution in [3.8, 4) is 29.1 Å². The molecular formula is C49H56N3O8S2-. The lowest BCUT2D eigenvalue weighted by Crippen LogP contribution is -2.23. The largest absolute Gasteiger partial charge is 0.875 e. The number of allylic oxidation sites excluding steroid dienone is 5. The lowest BCUT2D eigenvalue weighted by molar-refractivity contribution is -0.307. The van der Waals surface area contributed by atoms with Gasteiger partial charge in [-0.3, -0.25) is 9.79 Å². The van der Waals surface area contributed by atoms with Crippen LogP contribution in [0.5, 0.6) is 17.2 Å². The summed E-state index contributed by atoms with van der Waals surface area (Å²) < 4.78 is 6.10. The number of fused-ring (bicyclic) bond motifs is 9. The van der Waals surface area contributed by atoms with Crippen molar-refractivity contribution >= 4 is 33.1 Å². The number of carbonyl (C=O) groups excluding carboxylic acids is 1. The maximum absolute atomic E-state index is 14.1. The molecule has 7 rings (SSSR count). The number of nitrogens with zero attached hydrogens (tertiary/aromatic N) is 1. The predicted molar refractivity (Wildman–Crippen MR) is 243 cm³/mol. The van der Waals surface area contributed by atoms with E-state index in [0.29, 0.717) is 84.6 Å². The number of ketones is 1. The quantitative estimate of drug-likeness (QED) is 0.0619. The van der Waals surface area contributed by atoms with E-state index in [1.807, 2.05) is 30.3 Å². The third kappa shape index (κ3) is 11.2. The Labute approximate surface area is 371 Å². The van der Waals surface area contributed by atoms with Crippen molar-refractivity contribution in [1.29, 1.82) is 0 Å². The van der Waals surface area contributed by atoms with Crippen molar-refractivity contribution in [2.75, 3.05) is 19.0 Å². The number of rotatable bonds is 7. The van der Waals surface area contributed by atoms with E-state index in [4.69, 9.17) is 16.2 Å². The fourth-order valence-electron chi connectivity index (χ4n) is 9.06. The maximum atomic E-state index is 14.1. The number of phenolic OH excluding ortho intramolecular Hbond substituents is 2. The van der Waals surface area contributed by atoms with E-state index in [1.165, 1.54) is 0 Å². The summed E-state index contributed by atoms with van der Waals surface area (Å²) in [5.41, 5.74) is 18.9. The first kappa shape index (κ1) is 45.5. The van der Waals surface area contributed by atoms with E-state index < -0.39 is 29.7 Å². The number of benzene rings is 3. The molecule has 11 nitrogen and oxygen atoms in total. The second-order valence-electron chi connectivity index (χ2n) is 16.9. The van der Waals surface area contributed by atoms with Gasteiger partial charge in [0.15, 0.2) is 17.3 Å². The summed E-state index contributed by atoms with van der Waals surface area (Å²) in [6.45, 7) is -0.0741. The van der Waals surface area contributed by atoms with Crippen molar-refractivity contribution in [1.82, 2.24) is 0 Å². The Kier molecular flexibility index (Phi) is 15.2. The number of ether oxygens (including phenoxy) is 1. The van der Waals surface area contributed by atoms with Gasteiger partial charge in [0.2, 0.25) is 0 Å². The number of carbonyl (C=O) groups is 1. The molecule has 0 spiro atoms. The van der Waals surface area contributed by atoms with Gasteiger partial charge in [0.05, 0.1) is 43.7 Å². The lowest BCUT2D eigenvalue weighted by atomic mass is 9.79. The molecule has 4 aliphatic rings. The second-order valence-corrected chi connectivity index (χ2v) is 19.5. The average molecular weight is 879 g/mol. The summed E-state index contributed by atoms with van der Waals surface area (Å²) in [7, 11) is 3.29. The second kappa shape index (κ2) is 20.8. The topological polar surface area (TPSA) is 215 Å². The highest BCUT2D eigenvalue weighted by atomic mass is 33.1. The predicted octanol–water partition coefficient (Wildman–Crippen LogP) is 6.12. The van der Waals surface area contributed by atoms with Crippen LogP contribution in [0.15, 0.2) is 89.3 Å². The molecule has 13 heteroatoms. The summed E-state index contributed by atoms with van der Waals surface area (Å²) in [5.74, 6) is 7.30. The molecule has 1 saturated carbocycles. The molecule has 0 saturated heterocycles. The van der Waals surface area contributed by atoms with Gasteiger partial charge in [0.25, 0.3) is 0 Å². The molecule has 2 heterocycles. The first-order valence-electron chi connectivity index (χ1n) is 21.4. The molecule has 5 atom stereocenters. The van der Waals surface area contributed by atoms with Crippen LogP contribution in [0.4, 0.5) is 0 Å². The summed E-state index contributed by atoms with van der Waals surface area (Å²) in [6, 6.07) is 14.4. The molecule has 3 aromatic rings. The third-order valence-electron chi connectivity index (χ3n) is 12.5. The standard InChI is InChI=1S/C49H57N3O8S2/c50-48(51)39-22-32-4-3-6-42-37(14-18-52-42)45(58)24-40-38(32)23-33(39)28-61-62-29-34-25-49(26-46(34)59,16-2-1-5-36(55)27-53)17-13-35(54)10-7-30-9-12-44(57)47(21-30)60-19-15-31-8-11-43(56)41(40)20-31/h8-9,11-14,17-18,20-23,34,36,40,46,48,53,55-59H,1-2,5-7,10,15-16,19,24-29,50-51H2/p-1. The Morgan fingerprint density at radius 2 is 1.77 bits per heavy atom.